The average Bonchev–Trinajstić information content (AvgIpc) is 2.67. The summed E-state index contributed by atoms with van der Waals surface area (Å²) in [5, 5.41) is 4.44. The maximum Gasteiger partial charge on any atom is 0.179 e. The first-order chi connectivity index (χ1) is 7.19. The van der Waals surface area contributed by atoms with Gasteiger partial charge in [-0.05, 0) is 18.6 Å². The molecule has 1 N–H and O–H groups in total. The van der Waals surface area contributed by atoms with E-state index in [1.807, 2.05) is 22.4 Å². The molecular weight excluding hydrogens is 208 g/mol. The Morgan fingerprint density at radius 2 is 2.33 bits per heavy atom. The Kier molecular flexibility index (Phi) is 2.48. The summed E-state index contributed by atoms with van der Waals surface area (Å²) in [6, 6.07) is 0. The van der Waals surface area contributed by atoms with E-state index < -0.39 is 0 Å². The molecule has 2 aromatic rings. The van der Waals surface area contributed by atoms with E-state index in [-0.39, 0.29) is 0 Å². The lowest BCUT2D eigenvalue weighted by atomic mass is 10.3. The molecule has 5 heteroatoms. The van der Waals surface area contributed by atoms with Gasteiger partial charge in [0.1, 0.15) is 5.52 Å². The Labute approximate surface area is 93.2 Å². The van der Waals surface area contributed by atoms with Crippen LogP contribution in [0.3, 0.4) is 0 Å². The second-order valence-corrected chi connectivity index (χ2v) is 3.84. The number of aromatic nitrogens is 4. The van der Waals surface area contributed by atoms with E-state index in [0.29, 0.717) is 6.54 Å². The van der Waals surface area contributed by atoms with Crippen molar-refractivity contribution in [2.75, 3.05) is 0 Å². The molecule has 80 valence electrons. The Morgan fingerprint density at radius 1 is 1.60 bits per heavy atom. The molecule has 2 heterocycles. The first-order valence-corrected chi connectivity index (χ1v) is 5.35. The third-order valence-electron chi connectivity index (χ3n) is 2.47. The number of H-pyrrole nitrogens is 1. The first kappa shape index (κ1) is 10.2. The zero-order valence-corrected chi connectivity index (χ0v) is 9.77. The number of aromatic amines is 1. The molecule has 0 aliphatic carbocycles. The van der Waals surface area contributed by atoms with Gasteiger partial charge in [-0.25, -0.2) is 0 Å². The second-order valence-electron chi connectivity index (χ2n) is 3.45. The lowest BCUT2D eigenvalue weighted by Crippen LogP contribution is -2.01. The standard InChI is InChI=1S/C10H14N4S/c1-4-6-14-9-8(11-10(14)15)7(5-2)12-13(9)3/h4H,1,5-6H2,2-3H3,(H,11,15). The van der Waals surface area contributed by atoms with Gasteiger partial charge in [-0.2, -0.15) is 5.10 Å². The van der Waals surface area contributed by atoms with Crippen LogP contribution in [0.15, 0.2) is 12.7 Å². The van der Waals surface area contributed by atoms with Gasteiger partial charge in [0, 0.05) is 13.6 Å². The molecule has 2 rings (SSSR count). The lowest BCUT2D eigenvalue weighted by molar-refractivity contribution is 0.716. The molecule has 0 aromatic carbocycles. The molecule has 0 aliphatic heterocycles. The van der Waals surface area contributed by atoms with Gasteiger partial charge in [0.25, 0.3) is 0 Å². The molecule has 0 fully saturated rings. The topological polar surface area (TPSA) is 38.5 Å². The van der Waals surface area contributed by atoms with Gasteiger partial charge in [-0.1, -0.05) is 13.0 Å². The predicted molar refractivity (Wildman–Crippen MR) is 63.5 cm³/mol. The number of nitrogens with one attached hydrogen (secondary N) is 1. The predicted octanol–water partition coefficient (Wildman–Crippen LogP) is 2.18. The maximum absolute atomic E-state index is 5.26. The fourth-order valence-corrected chi connectivity index (χ4v) is 2.09. The molecule has 0 atom stereocenters. The SMILES string of the molecule is C=CCn1c(=S)[nH]c2c(CC)nn(C)c21. The van der Waals surface area contributed by atoms with Crippen LogP contribution in [0.25, 0.3) is 11.2 Å². The molecule has 0 saturated carbocycles. The average molecular weight is 222 g/mol. The number of rotatable bonds is 3. The lowest BCUT2D eigenvalue weighted by Gasteiger charge is -1.99. The number of imidazole rings is 1. The van der Waals surface area contributed by atoms with Crippen molar-refractivity contribution in [2.24, 2.45) is 7.05 Å². The summed E-state index contributed by atoms with van der Waals surface area (Å²) in [7, 11) is 1.93. The van der Waals surface area contributed by atoms with Crippen molar-refractivity contribution in [1.82, 2.24) is 19.3 Å². The van der Waals surface area contributed by atoms with Crippen LogP contribution < -0.4 is 0 Å². The summed E-state index contributed by atoms with van der Waals surface area (Å²) in [5.74, 6) is 0. The summed E-state index contributed by atoms with van der Waals surface area (Å²) in [5.41, 5.74) is 3.14. The highest BCUT2D eigenvalue weighted by atomic mass is 32.1. The highest BCUT2D eigenvalue weighted by Crippen LogP contribution is 2.17. The fraction of sp³-hybridized carbons (Fsp3) is 0.400. The van der Waals surface area contributed by atoms with Crippen molar-refractivity contribution in [3.05, 3.63) is 23.1 Å². The molecular formula is C10H14N4S. The zero-order valence-electron chi connectivity index (χ0n) is 8.95. The maximum atomic E-state index is 5.26. The first-order valence-electron chi connectivity index (χ1n) is 4.94. The Hall–Kier alpha value is -1.36. The summed E-state index contributed by atoms with van der Waals surface area (Å²) in [4.78, 5) is 3.20. The number of allylic oxidation sites excluding steroid dienone is 1. The van der Waals surface area contributed by atoms with Crippen LogP contribution in [0.1, 0.15) is 12.6 Å². The molecule has 15 heavy (non-hydrogen) atoms. The van der Waals surface area contributed by atoms with Gasteiger partial charge in [0.05, 0.1) is 5.69 Å². The summed E-state index contributed by atoms with van der Waals surface area (Å²) < 4.78 is 4.60. The van der Waals surface area contributed by atoms with Crippen LogP contribution in [0.5, 0.6) is 0 Å². The molecule has 0 bridgehead atoms. The van der Waals surface area contributed by atoms with Gasteiger partial charge in [0.2, 0.25) is 0 Å². The van der Waals surface area contributed by atoms with E-state index in [1.165, 1.54) is 0 Å². The summed E-state index contributed by atoms with van der Waals surface area (Å²) >= 11 is 5.26. The zero-order chi connectivity index (χ0) is 11.0. The molecule has 0 amide bonds. The molecule has 0 radical (unpaired) electrons. The van der Waals surface area contributed by atoms with Crippen LogP contribution in [0.2, 0.25) is 0 Å². The molecule has 0 unspecified atom stereocenters. The summed E-state index contributed by atoms with van der Waals surface area (Å²) in [6.07, 6.45) is 2.74. The van der Waals surface area contributed by atoms with E-state index in [4.69, 9.17) is 12.2 Å². The van der Waals surface area contributed by atoms with E-state index >= 15 is 0 Å². The number of fused-ring (bicyclic) bond motifs is 1. The van der Waals surface area contributed by atoms with Crippen molar-refractivity contribution < 1.29 is 0 Å². The van der Waals surface area contributed by atoms with Crippen molar-refractivity contribution >= 4 is 23.4 Å². The molecule has 0 aliphatic rings. The fourth-order valence-electron chi connectivity index (χ4n) is 1.82. The van der Waals surface area contributed by atoms with Crippen LogP contribution >= 0.6 is 12.2 Å². The van der Waals surface area contributed by atoms with Gasteiger partial charge in [0.15, 0.2) is 10.4 Å². The minimum Gasteiger partial charge on any atom is -0.328 e. The largest absolute Gasteiger partial charge is 0.328 e. The van der Waals surface area contributed by atoms with Crippen molar-refractivity contribution in [1.29, 1.82) is 0 Å². The third-order valence-corrected chi connectivity index (χ3v) is 2.79. The number of aryl methyl sites for hydroxylation is 2. The van der Waals surface area contributed by atoms with Gasteiger partial charge in [-0.15, -0.1) is 6.58 Å². The van der Waals surface area contributed by atoms with E-state index in [1.54, 1.807) is 0 Å². The van der Waals surface area contributed by atoms with Crippen LogP contribution in [-0.2, 0) is 20.0 Å². The highest BCUT2D eigenvalue weighted by Gasteiger charge is 2.12. The number of hydrogen-bond donors (Lipinski definition) is 1. The van der Waals surface area contributed by atoms with Crippen molar-refractivity contribution in [2.45, 2.75) is 19.9 Å². The third kappa shape index (κ3) is 1.43. The van der Waals surface area contributed by atoms with Crippen molar-refractivity contribution in [3.8, 4) is 0 Å². The van der Waals surface area contributed by atoms with E-state index in [0.717, 1.165) is 28.0 Å². The smallest absolute Gasteiger partial charge is 0.179 e. The number of nitrogens with zero attached hydrogens (tertiary/aromatic N) is 3. The van der Waals surface area contributed by atoms with Crippen molar-refractivity contribution in [3.63, 3.8) is 0 Å². The van der Waals surface area contributed by atoms with Crippen LogP contribution in [-0.4, -0.2) is 19.3 Å². The minimum absolute atomic E-state index is 0.710. The van der Waals surface area contributed by atoms with E-state index in [9.17, 15) is 0 Å². The highest BCUT2D eigenvalue weighted by molar-refractivity contribution is 7.71. The summed E-state index contributed by atoms with van der Waals surface area (Å²) in [6.45, 7) is 6.53. The minimum atomic E-state index is 0.710. The van der Waals surface area contributed by atoms with Crippen LogP contribution in [0.4, 0.5) is 0 Å². The second kappa shape index (κ2) is 3.66. The Balaban J connectivity index is 2.80. The van der Waals surface area contributed by atoms with Gasteiger partial charge in [-0.3, -0.25) is 9.25 Å². The monoisotopic (exact) mass is 222 g/mol. The Bertz CT molecular complexity index is 558. The number of hydrogen-bond acceptors (Lipinski definition) is 2. The van der Waals surface area contributed by atoms with Gasteiger partial charge < -0.3 is 4.98 Å². The molecule has 0 spiro atoms. The molecule has 4 nitrogen and oxygen atoms in total. The van der Waals surface area contributed by atoms with Gasteiger partial charge >= 0.3 is 0 Å². The normalized spacial score (nSPS) is 11.1. The van der Waals surface area contributed by atoms with E-state index in [2.05, 4.69) is 23.6 Å². The molecule has 0 saturated heterocycles. The quantitative estimate of drug-likeness (QED) is 0.638. The molecule has 2 aromatic heterocycles. The Morgan fingerprint density at radius 3 is 2.93 bits per heavy atom. The van der Waals surface area contributed by atoms with Crippen LogP contribution in [0, 0.1) is 4.77 Å².